The number of halogens is 3. The van der Waals surface area contributed by atoms with Crippen LogP contribution in [0.25, 0.3) is 10.7 Å². The number of aromatic carboxylic acids is 1. The molecule has 0 aliphatic rings. The molecule has 0 aliphatic carbocycles. The molecule has 0 spiro atoms. The van der Waals surface area contributed by atoms with Gasteiger partial charge >= 0.3 is 5.97 Å². The Hall–Kier alpha value is -1.81. The van der Waals surface area contributed by atoms with E-state index in [0.29, 0.717) is 31.4 Å². The van der Waals surface area contributed by atoms with E-state index in [1.807, 2.05) is 0 Å². The first-order chi connectivity index (χ1) is 12.0. The Bertz CT molecular complexity index is 937. The van der Waals surface area contributed by atoms with Crippen LogP contribution in [0.4, 0.5) is 4.39 Å². The van der Waals surface area contributed by atoms with Crippen LogP contribution in [0.3, 0.4) is 0 Å². The predicted octanol–water partition coefficient (Wildman–Crippen LogP) is 4.43. The molecule has 0 bridgehead atoms. The second-order valence-corrected chi connectivity index (χ2v) is 7.56. The number of aromatic nitrogens is 4. The first-order valence-electron chi connectivity index (χ1n) is 6.60. The van der Waals surface area contributed by atoms with Crippen molar-refractivity contribution in [3.63, 3.8) is 0 Å². The molecule has 2 aromatic heterocycles. The standard InChI is InChI=1S/C14H7Cl2FN4O2S2/c15-7-1-2-8(17)11(16)6(7)5-24-14-21-20-12(25-14)9-3-19-10(4-18-9)13(22)23/h1-4H,5H2,(H,22,23). The minimum atomic E-state index is -1.16. The molecule has 0 saturated heterocycles. The summed E-state index contributed by atoms with van der Waals surface area (Å²) < 4.78 is 14.1. The third kappa shape index (κ3) is 4.06. The number of carbonyl (C=O) groups is 1. The Morgan fingerprint density at radius 3 is 2.72 bits per heavy atom. The Labute approximate surface area is 159 Å². The number of nitrogens with zero attached hydrogens (tertiary/aromatic N) is 4. The summed E-state index contributed by atoms with van der Waals surface area (Å²) in [7, 11) is 0. The van der Waals surface area contributed by atoms with E-state index in [-0.39, 0.29) is 10.7 Å². The van der Waals surface area contributed by atoms with E-state index in [1.165, 1.54) is 41.4 Å². The van der Waals surface area contributed by atoms with E-state index >= 15 is 0 Å². The van der Waals surface area contributed by atoms with E-state index in [2.05, 4.69) is 20.2 Å². The summed E-state index contributed by atoms with van der Waals surface area (Å²) in [5.41, 5.74) is 0.741. The number of carboxylic acid groups (broad SMARTS) is 1. The summed E-state index contributed by atoms with van der Waals surface area (Å²) in [5.74, 6) is -1.36. The molecule has 1 aromatic carbocycles. The molecule has 3 rings (SSSR count). The minimum Gasteiger partial charge on any atom is -0.476 e. The van der Waals surface area contributed by atoms with Crippen LogP contribution in [-0.4, -0.2) is 31.2 Å². The van der Waals surface area contributed by atoms with Crippen molar-refractivity contribution in [3.8, 4) is 10.7 Å². The smallest absolute Gasteiger partial charge is 0.356 e. The van der Waals surface area contributed by atoms with Gasteiger partial charge in [-0.15, -0.1) is 10.2 Å². The van der Waals surface area contributed by atoms with Gasteiger partial charge in [-0.3, -0.25) is 0 Å². The number of hydrogen-bond donors (Lipinski definition) is 1. The van der Waals surface area contributed by atoms with E-state index in [9.17, 15) is 9.18 Å². The van der Waals surface area contributed by atoms with E-state index in [1.54, 1.807) is 0 Å². The molecular formula is C14H7Cl2FN4O2S2. The Kier molecular flexibility index (Phi) is 5.48. The number of carboxylic acids is 1. The van der Waals surface area contributed by atoms with Crippen molar-refractivity contribution < 1.29 is 14.3 Å². The van der Waals surface area contributed by atoms with Gasteiger partial charge in [-0.2, -0.15) is 0 Å². The fourth-order valence-electron chi connectivity index (χ4n) is 1.76. The quantitative estimate of drug-likeness (QED) is 0.485. The summed E-state index contributed by atoms with van der Waals surface area (Å²) in [6, 6.07) is 2.66. The SMILES string of the molecule is O=C(O)c1cnc(-c2nnc(SCc3c(Cl)ccc(F)c3Cl)s2)cn1. The normalized spacial score (nSPS) is 10.8. The first kappa shape index (κ1) is 18.0. The molecule has 3 aromatic rings. The molecule has 0 radical (unpaired) electrons. The van der Waals surface area contributed by atoms with Crippen LogP contribution in [0, 0.1) is 5.82 Å². The molecule has 2 heterocycles. The lowest BCUT2D eigenvalue weighted by molar-refractivity contribution is 0.0690. The third-order valence-corrected chi connectivity index (χ3v) is 5.84. The van der Waals surface area contributed by atoms with Gasteiger partial charge in [0.15, 0.2) is 15.0 Å². The highest BCUT2D eigenvalue weighted by Crippen LogP contribution is 2.35. The Balaban J connectivity index is 1.74. The van der Waals surface area contributed by atoms with Crippen molar-refractivity contribution in [1.82, 2.24) is 20.2 Å². The molecule has 0 atom stereocenters. The highest BCUT2D eigenvalue weighted by Gasteiger charge is 2.14. The second-order valence-electron chi connectivity index (χ2n) is 4.58. The maximum Gasteiger partial charge on any atom is 0.356 e. The Morgan fingerprint density at radius 1 is 1.24 bits per heavy atom. The number of rotatable bonds is 5. The largest absolute Gasteiger partial charge is 0.476 e. The van der Waals surface area contributed by atoms with Gasteiger partial charge in [-0.05, 0) is 12.1 Å². The topological polar surface area (TPSA) is 88.9 Å². The van der Waals surface area contributed by atoms with Crippen molar-refractivity contribution in [2.45, 2.75) is 10.1 Å². The molecule has 25 heavy (non-hydrogen) atoms. The van der Waals surface area contributed by atoms with Gasteiger partial charge < -0.3 is 5.11 Å². The van der Waals surface area contributed by atoms with Crippen LogP contribution in [0.5, 0.6) is 0 Å². The Morgan fingerprint density at radius 2 is 2.04 bits per heavy atom. The average Bonchev–Trinajstić information content (AvgIpc) is 3.07. The molecule has 6 nitrogen and oxygen atoms in total. The highest BCUT2D eigenvalue weighted by atomic mass is 35.5. The number of benzene rings is 1. The van der Waals surface area contributed by atoms with Gasteiger partial charge in [-0.25, -0.2) is 19.2 Å². The maximum absolute atomic E-state index is 13.5. The second kappa shape index (κ2) is 7.61. The fraction of sp³-hybridized carbons (Fsp3) is 0.0714. The van der Waals surface area contributed by atoms with Crippen molar-refractivity contribution in [1.29, 1.82) is 0 Å². The van der Waals surface area contributed by atoms with Gasteiger partial charge in [0.25, 0.3) is 0 Å². The molecule has 0 unspecified atom stereocenters. The fourth-order valence-corrected chi connectivity index (χ4v) is 4.27. The van der Waals surface area contributed by atoms with Crippen LogP contribution in [0.15, 0.2) is 28.9 Å². The van der Waals surface area contributed by atoms with Crippen LogP contribution < -0.4 is 0 Å². The molecular weight excluding hydrogens is 410 g/mol. The summed E-state index contributed by atoms with van der Waals surface area (Å²) in [4.78, 5) is 18.6. The molecule has 11 heteroatoms. The van der Waals surface area contributed by atoms with Gasteiger partial charge in [0.05, 0.1) is 17.4 Å². The van der Waals surface area contributed by atoms with Crippen molar-refractivity contribution in [2.75, 3.05) is 0 Å². The maximum atomic E-state index is 13.5. The summed E-state index contributed by atoms with van der Waals surface area (Å²) in [5, 5.41) is 17.7. The molecule has 1 N–H and O–H groups in total. The lowest BCUT2D eigenvalue weighted by atomic mass is 10.2. The summed E-state index contributed by atoms with van der Waals surface area (Å²) >= 11 is 14.5. The summed E-state index contributed by atoms with van der Waals surface area (Å²) in [6.45, 7) is 0. The zero-order valence-electron chi connectivity index (χ0n) is 12.1. The lowest BCUT2D eigenvalue weighted by Crippen LogP contribution is -2.00. The molecule has 0 aliphatic heterocycles. The predicted molar refractivity (Wildman–Crippen MR) is 93.9 cm³/mol. The monoisotopic (exact) mass is 416 g/mol. The van der Waals surface area contributed by atoms with E-state index in [0.717, 1.165) is 6.20 Å². The highest BCUT2D eigenvalue weighted by molar-refractivity contribution is 8.00. The molecule has 128 valence electrons. The van der Waals surface area contributed by atoms with Crippen molar-refractivity contribution >= 4 is 52.3 Å². The lowest BCUT2D eigenvalue weighted by Gasteiger charge is -2.05. The number of hydrogen-bond acceptors (Lipinski definition) is 7. The summed E-state index contributed by atoms with van der Waals surface area (Å²) in [6.07, 6.45) is 2.47. The molecule has 0 amide bonds. The van der Waals surface area contributed by atoms with Crippen LogP contribution >= 0.6 is 46.3 Å². The van der Waals surface area contributed by atoms with Crippen LogP contribution in [0.1, 0.15) is 16.1 Å². The van der Waals surface area contributed by atoms with Crippen molar-refractivity contribution in [3.05, 3.63) is 51.6 Å². The van der Waals surface area contributed by atoms with Crippen LogP contribution in [0.2, 0.25) is 10.0 Å². The zero-order chi connectivity index (χ0) is 18.0. The van der Waals surface area contributed by atoms with Gasteiger partial charge in [0.1, 0.15) is 11.5 Å². The first-order valence-corrected chi connectivity index (χ1v) is 9.16. The van der Waals surface area contributed by atoms with E-state index < -0.39 is 11.8 Å². The zero-order valence-corrected chi connectivity index (χ0v) is 15.3. The molecule has 0 saturated carbocycles. The van der Waals surface area contributed by atoms with Crippen molar-refractivity contribution in [2.24, 2.45) is 0 Å². The third-order valence-electron chi connectivity index (χ3n) is 2.98. The van der Waals surface area contributed by atoms with Gasteiger partial charge in [0.2, 0.25) is 0 Å². The number of thioether (sulfide) groups is 1. The van der Waals surface area contributed by atoms with Gasteiger partial charge in [0, 0.05) is 16.3 Å². The van der Waals surface area contributed by atoms with Crippen LogP contribution in [-0.2, 0) is 5.75 Å². The van der Waals surface area contributed by atoms with Gasteiger partial charge in [-0.1, -0.05) is 46.3 Å². The molecule has 0 fully saturated rings. The average molecular weight is 417 g/mol. The minimum absolute atomic E-state index is 0.0140. The van der Waals surface area contributed by atoms with E-state index in [4.69, 9.17) is 28.3 Å².